The summed E-state index contributed by atoms with van der Waals surface area (Å²) in [6.45, 7) is 0.718. The third-order valence-corrected chi connectivity index (χ3v) is 5.89. The number of thiophene rings is 1. The molecule has 0 radical (unpaired) electrons. The molecule has 0 saturated heterocycles. The predicted octanol–water partition coefficient (Wildman–Crippen LogP) is 3.25. The summed E-state index contributed by atoms with van der Waals surface area (Å²) in [6, 6.07) is 11.0. The van der Waals surface area contributed by atoms with Gasteiger partial charge in [-0.1, -0.05) is 37.5 Å². The number of amides is 3. The lowest BCUT2D eigenvalue weighted by molar-refractivity contribution is -0.121. The summed E-state index contributed by atoms with van der Waals surface area (Å²) in [5.74, 6) is -0.313. The van der Waals surface area contributed by atoms with E-state index >= 15 is 0 Å². The lowest BCUT2D eigenvalue weighted by atomic mass is 9.95. The number of carbonyl (C=O) groups excluding carboxylic acids is 3. The molecule has 1 fully saturated rings. The van der Waals surface area contributed by atoms with E-state index < -0.39 is 0 Å². The van der Waals surface area contributed by atoms with Crippen molar-refractivity contribution in [3.8, 4) is 0 Å². The van der Waals surface area contributed by atoms with Gasteiger partial charge in [-0.25, -0.2) is 0 Å². The fraction of sp³-hybridized carbons (Fsp3) is 0.409. The van der Waals surface area contributed by atoms with Gasteiger partial charge in [-0.05, 0) is 42.0 Å². The minimum Gasteiger partial charge on any atom is -0.353 e. The van der Waals surface area contributed by atoms with Crippen molar-refractivity contribution >= 4 is 29.1 Å². The molecule has 1 aliphatic rings. The van der Waals surface area contributed by atoms with Crippen LogP contribution in [0.3, 0.4) is 0 Å². The minimum absolute atomic E-state index is 0.00553. The maximum Gasteiger partial charge on any atom is 0.261 e. The standard InChI is InChI=1S/C22H27N3O3S/c26-20(25-18-5-2-1-3-6-18)12-13-23-21(27)17-10-8-16(9-11-17)15-24-22(28)19-7-4-14-29-19/h4,7-11,14,18H,1-3,5-6,12-13,15H2,(H,23,27)(H,24,28)(H,25,26). The second-order valence-corrected chi connectivity index (χ2v) is 8.21. The zero-order valence-electron chi connectivity index (χ0n) is 16.4. The Kier molecular flexibility index (Phi) is 7.81. The van der Waals surface area contributed by atoms with Gasteiger partial charge in [-0.3, -0.25) is 14.4 Å². The maximum atomic E-state index is 12.2. The largest absolute Gasteiger partial charge is 0.353 e. The quantitative estimate of drug-likeness (QED) is 0.621. The number of nitrogens with one attached hydrogen (secondary N) is 3. The Hall–Kier alpha value is -2.67. The molecule has 0 atom stereocenters. The summed E-state index contributed by atoms with van der Waals surface area (Å²) in [7, 11) is 0. The molecule has 2 aromatic rings. The van der Waals surface area contributed by atoms with Crippen LogP contribution in [0.1, 0.15) is 64.1 Å². The number of benzene rings is 1. The van der Waals surface area contributed by atoms with E-state index in [1.807, 2.05) is 23.6 Å². The summed E-state index contributed by atoms with van der Waals surface area (Å²) in [5, 5.41) is 10.6. The molecular weight excluding hydrogens is 386 g/mol. The normalized spacial score (nSPS) is 14.2. The molecule has 0 bridgehead atoms. The van der Waals surface area contributed by atoms with Crippen LogP contribution in [0.2, 0.25) is 0 Å². The van der Waals surface area contributed by atoms with E-state index in [9.17, 15) is 14.4 Å². The summed E-state index contributed by atoms with van der Waals surface area (Å²) < 4.78 is 0. The van der Waals surface area contributed by atoms with Crippen LogP contribution in [0.25, 0.3) is 0 Å². The van der Waals surface area contributed by atoms with Crippen LogP contribution < -0.4 is 16.0 Å². The topological polar surface area (TPSA) is 87.3 Å². The van der Waals surface area contributed by atoms with Crippen molar-refractivity contribution in [3.63, 3.8) is 0 Å². The van der Waals surface area contributed by atoms with E-state index in [1.165, 1.54) is 30.6 Å². The van der Waals surface area contributed by atoms with Crippen LogP contribution in [0, 0.1) is 0 Å². The van der Waals surface area contributed by atoms with Gasteiger partial charge in [0.05, 0.1) is 4.88 Å². The number of rotatable bonds is 8. The molecule has 3 N–H and O–H groups in total. The van der Waals surface area contributed by atoms with Crippen molar-refractivity contribution in [2.24, 2.45) is 0 Å². The average molecular weight is 414 g/mol. The van der Waals surface area contributed by atoms with Crippen molar-refractivity contribution in [2.75, 3.05) is 6.54 Å². The van der Waals surface area contributed by atoms with Crippen molar-refractivity contribution in [1.29, 1.82) is 0 Å². The van der Waals surface area contributed by atoms with E-state index in [1.54, 1.807) is 18.2 Å². The lowest BCUT2D eigenvalue weighted by Gasteiger charge is -2.22. The van der Waals surface area contributed by atoms with Gasteiger partial charge in [0.15, 0.2) is 0 Å². The van der Waals surface area contributed by atoms with Gasteiger partial charge >= 0.3 is 0 Å². The molecule has 1 aromatic heterocycles. The molecule has 3 rings (SSSR count). The van der Waals surface area contributed by atoms with Crippen molar-refractivity contribution in [2.45, 2.75) is 51.1 Å². The van der Waals surface area contributed by atoms with Gasteiger partial charge in [0.2, 0.25) is 5.91 Å². The first kappa shape index (κ1) is 21.0. The fourth-order valence-electron chi connectivity index (χ4n) is 3.39. The van der Waals surface area contributed by atoms with Crippen LogP contribution in [-0.2, 0) is 11.3 Å². The molecule has 7 heteroatoms. The Morgan fingerprint density at radius 3 is 2.38 bits per heavy atom. The van der Waals surface area contributed by atoms with Crippen LogP contribution in [0.15, 0.2) is 41.8 Å². The van der Waals surface area contributed by atoms with E-state index in [-0.39, 0.29) is 24.1 Å². The molecule has 3 amide bonds. The Bertz CT molecular complexity index is 812. The Labute approximate surface area is 175 Å². The van der Waals surface area contributed by atoms with Crippen molar-refractivity contribution in [3.05, 3.63) is 57.8 Å². The van der Waals surface area contributed by atoms with Gasteiger partial charge in [-0.15, -0.1) is 11.3 Å². The first-order valence-corrected chi connectivity index (χ1v) is 11.0. The molecule has 0 unspecified atom stereocenters. The average Bonchev–Trinajstić information content (AvgIpc) is 3.28. The smallest absolute Gasteiger partial charge is 0.261 e. The van der Waals surface area contributed by atoms with Gasteiger partial charge in [0.1, 0.15) is 0 Å². The Morgan fingerprint density at radius 1 is 0.931 bits per heavy atom. The van der Waals surface area contributed by atoms with Gasteiger partial charge in [-0.2, -0.15) is 0 Å². The van der Waals surface area contributed by atoms with Crippen LogP contribution in [0.4, 0.5) is 0 Å². The van der Waals surface area contributed by atoms with Crippen molar-refractivity contribution < 1.29 is 14.4 Å². The molecule has 1 saturated carbocycles. The first-order valence-electron chi connectivity index (χ1n) is 10.1. The highest BCUT2D eigenvalue weighted by atomic mass is 32.1. The van der Waals surface area contributed by atoms with Gasteiger partial charge in [0, 0.05) is 31.1 Å². The zero-order valence-corrected chi connectivity index (χ0v) is 17.2. The molecule has 154 valence electrons. The minimum atomic E-state index is -0.204. The molecule has 1 heterocycles. The number of hydrogen-bond donors (Lipinski definition) is 3. The van der Waals surface area contributed by atoms with E-state index in [4.69, 9.17) is 0 Å². The second-order valence-electron chi connectivity index (χ2n) is 7.27. The molecule has 0 spiro atoms. The second kappa shape index (κ2) is 10.8. The van der Waals surface area contributed by atoms with E-state index in [0.29, 0.717) is 29.6 Å². The van der Waals surface area contributed by atoms with Crippen LogP contribution in [0.5, 0.6) is 0 Å². The van der Waals surface area contributed by atoms with Crippen LogP contribution in [-0.4, -0.2) is 30.3 Å². The molecular formula is C22H27N3O3S. The highest BCUT2D eigenvalue weighted by Crippen LogP contribution is 2.17. The summed E-state index contributed by atoms with van der Waals surface area (Å²) in [5.41, 5.74) is 1.45. The summed E-state index contributed by atoms with van der Waals surface area (Å²) >= 11 is 1.40. The summed E-state index contributed by atoms with van der Waals surface area (Å²) in [4.78, 5) is 36.9. The highest BCUT2D eigenvalue weighted by molar-refractivity contribution is 7.12. The highest BCUT2D eigenvalue weighted by Gasteiger charge is 2.15. The lowest BCUT2D eigenvalue weighted by Crippen LogP contribution is -2.38. The van der Waals surface area contributed by atoms with Crippen LogP contribution >= 0.6 is 11.3 Å². The van der Waals surface area contributed by atoms with Crippen molar-refractivity contribution in [1.82, 2.24) is 16.0 Å². The van der Waals surface area contributed by atoms with Gasteiger partial charge < -0.3 is 16.0 Å². The first-order chi connectivity index (χ1) is 14.1. The zero-order chi connectivity index (χ0) is 20.5. The summed E-state index contributed by atoms with van der Waals surface area (Å²) in [6.07, 6.45) is 6.00. The molecule has 29 heavy (non-hydrogen) atoms. The third-order valence-electron chi connectivity index (χ3n) is 5.02. The fourth-order valence-corrected chi connectivity index (χ4v) is 4.03. The predicted molar refractivity (Wildman–Crippen MR) is 114 cm³/mol. The monoisotopic (exact) mass is 413 g/mol. The maximum absolute atomic E-state index is 12.2. The van der Waals surface area contributed by atoms with E-state index in [0.717, 1.165) is 18.4 Å². The Morgan fingerprint density at radius 2 is 1.69 bits per heavy atom. The number of carbonyl (C=O) groups is 3. The molecule has 1 aromatic carbocycles. The Balaban J connectivity index is 1.37. The van der Waals surface area contributed by atoms with E-state index in [2.05, 4.69) is 16.0 Å². The molecule has 0 aliphatic heterocycles. The SMILES string of the molecule is O=C(CCNC(=O)c1ccc(CNC(=O)c2cccs2)cc1)NC1CCCCC1. The van der Waals surface area contributed by atoms with Gasteiger partial charge in [0.25, 0.3) is 11.8 Å². The molecule has 6 nitrogen and oxygen atoms in total. The third kappa shape index (κ3) is 6.71. The number of hydrogen-bond acceptors (Lipinski definition) is 4. The molecule has 1 aliphatic carbocycles.